The lowest BCUT2D eigenvalue weighted by Gasteiger charge is -2.00. The molecule has 0 radical (unpaired) electrons. The fourth-order valence-corrected chi connectivity index (χ4v) is 1.30. The number of hydrogen-bond acceptors (Lipinski definition) is 2. The summed E-state index contributed by atoms with van der Waals surface area (Å²) >= 11 is 3.34. The van der Waals surface area contributed by atoms with Crippen molar-refractivity contribution in [3.8, 4) is 6.07 Å². The van der Waals surface area contributed by atoms with E-state index in [1.54, 1.807) is 6.20 Å². The molecule has 0 spiro atoms. The summed E-state index contributed by atoms with van der Waals surface area (Å²) in [6, 6.07) is 5.82. The van der Waals surface area contributed by atoms with Gasteiger partial charge in [-0.15, -0.1) is 0 Å². The molecule has 0 unspecified atom stereocenters. The second-order valence-electron chi connectivity index (χ2n) is 2.85. The second kappa shape index (κ2) is 4.20. The molecule has 0 amide bonds. The maximum atomic E-state index is 8.88. The van der Waals surface area contributed by atoms with Crippen molar-refractivity contribution >= 4 is 21.5 Å². The molecule has 0 saturated carbocycles. The fourth-order valence-electron chi connectivity index (χ4n) is 0.967. The van der Waals surface area contributed by atoms with Gasteiger partial charge in [-0.05, 0) is 26.0 Å². The van der Waals surface area contributed by atoms with Crippen LogP contribution in [-0.2, 0) is 0 Å². The van der Waals surface area contributed by atoms with Gasteiger partial charge in [0.05, 0.1) is 11.3 Å². The number of aromatic nitrogens is 1. The van der Waals surface area contributed by atoms with E-state index in [9.17, 15) is 0 Å². The van der Waals surface area contributed by atoms with E-state index in [2.05, 4.69) is 27.0 Å². The van der Waals surface area contributed by atoms with Gasteiger partial charge in [-0.25, -0.2) is 0 Å². The minimum absolute atomic E-state index is 0.640. The standard InChI is InChI=1S/C10H9BrN2/c1-7(2)9(6-12)10-5-8(11)3-4-13-10/h3-5H,1-2H3. The summed E-state index contributed by atoms with van der Waals surface area (Å²) in [4.78, 5) is 4.12. The Balaban J connectivity index is 3.24. The molecular weight excluding hydrogens is 228 g/mol. The topological polar surface area (TPSA) is 36.7 Å². The second-order valence-corrected chi connectivity index (χ2v) is 3.76. The zero-order valence-corrected chi connectivity index (χ0v) is 9.09. The molecule has 0 aliphatic carbocycles. The lowest BCUT2D eigenvalue weighted by Crippen LogP contribution is -1.88. The summed E-state index contributed by atoms with van der Waals surface area (Å²) in [6.07, 6.45) is 1.68. The Morgan fingerprint density at radius 3 is 2.69 bits per heavy atom. The van der Waals surface area contributed by atoms with Crippen LogP contribution in [0.2, 0.25) is 0 Å². The SMILES string of the molecule is CC(C)=C(C#N)c1cc(Br)ccn1. The molecule has 1 heterocycles. The van der Waals surface area contributed by atoms with Crippen molar-refractivity contribution in [2.24, 2.45) is 0 Å². The highest BCUT2D eigenvalue weighted by Crippen LogP contribution is 2.18. The van der Waals surface area contributed by atoms with Gasteiger partial charge in [0.1, 0.15) is 6.07 Å². The molecule has 1 rings (SSSR count). The minimum Gasteiger partial charge on any atom is -0.255 e. The summed E-state index contributed by atoms with van der Waals surface area (Å²) < 4.78 is 0.937. The predicted molar refractivity (Wildman–Crippen MR) is 55.8 cm³/mol. The van der Waals surface area contributed by atoms with E-state index in [4.69, 9.17) is 5.26 Å². The van der Waals surface area contributed by atoms with Crippen molar-refractivity contribution in [3.05, 3.63) is 34.1 Å². The molecule has 0 aromatic carbocycles. The maximum Gasteiger partial charge on any atom is 0.101 e. The third kappa shape index (κ3) is 2.40. The van der Waals surface area contributed by atoms with Gasteiger partial charge in [-0.3, -0.25) is 4.98 Å². The number of nitrogens with zero attached hydrogens (tertiary/aromatic N) is 2. The van der Waals surface area contributed by atoms with E-state index in [0.717, 1.165) is 15.7 Å². The quantitative estimate of drug-likeness (QED) is 0.703. The summed E-state index contributed by atoms with van der Waals surface area (Å²) in [5, 5.41) is 8.88. The van der Waals surface area contributed by atoms with Crippen LogP contribution in [0.1, 0.15) is 19.5 Å². The summed E-state index contributed by atoms with van der Waals surface area (Å²) in [5.41, 5.74) is 2.34. The van der Waals surface area contributed by atoms with Gasteiger partial charge in [0.2, 0.25) is 0 Å². The lowest BCUT2D eigenvalue weighted by molar-refractivity contribution is 1.25. The largest absolute Gasteiger partial charge is 0.255 e. The molecule has 0 aliphatic rings. The number of hydrogen-bond donors (Lipinski definition) is 0. The molecule has 0 fully saturated rings. The molecule has 66 valence electrons. The van der Waals surface area contributed by atoms with Crippen molar-refractivity contribution < 1.29 is 0 Å². The van der Waals surface area contributed by atoms with Crippen molar-refractivity contribution in [1.29, 1.82) is 5.26 Å². The smallest absolute Gasteiger partial charge is 0.101 e. The average molecular weight is 237 g/mol. The van der Waals surface area contributed by atoms with Gasteiger partial charge < -0.3 is 0 Å². The Labute approximate surface area is 86.0 Å². The molecule has 1 aromatic heterocycles. The first-order chi connectivity index (χ1) is 6.15. The zero-order chi connectivity index (χ0) is 9.84. The highest BCUT2D eigenvalue weighted by Gasteiger charge is 2.03. The highest BCUT2D eigenvalue weighted by molar-refractivity contribution is 9.10. The number of halogens is 1. The Kier molecular flexibility index (Phi) is 3.21. The Bertz CT molecular complexity index is 384. The third-order valence-electron chi connectivity index (χ3n) is 1.59. The Morgan fingerprint density at radius 1 is 1.54 bits per heavy atom. The molecule has 0 saturated heterocycles. The molecule has 0 N–H and O–H groups in total. The van der Waals surface area contributed by atoms with Gasteiger partial charge in [-0.1, -0.05) is 21.5 Å². The van der Waals surface area contributed by atoms with Crippen LogP contribution in [0.5, 0.6) is 0 Å². The fraction of sp³-hybridized carbons (Fsp3) is 0.200. The van der Waals surface area contributed by atoms with Gasteiger partial charge in [0.15, 0.2) is 0 Å². The Morgan fingerprint density at radius 2 is 2.23 bits per heavy atom. The normalized spacial score (nSPS) is 9.08. The van der Waals surface area contributed by atoms with E-state index in [1.165, 1.54) is 0 Å². The average Bonchev–Trinajstić information content (AvgIpc) is 2.04. The van der Waals surface area contributed by atoms with E-state index < -0.39 is 0 Å². The van der Waals surface area contributed by atoms with Crippen LogP contribution in [0.4, 0.5) is 0 Å². The van der Waals surface area contributed by atoms with Crippen LogP contribution in [0, 0.1) is 11.3 Å². The number of rotatable bonds is 1. The maximum absolute atomic E-state index is 8.88. The van der Waals surface area contributed by atoms with Crippen LogP contribution in [0.3, 0.4) is 0 Å². The van der Waals surface area contributed by atoms with E-state index >= 15 is 0 Å². The van der Waals surface area contributed by atoms with Crippen LogP contribution >= 0.6 is 15.9 Å². The summed E-state index contributed by atoms with van der Waals surface area (Å²) in [6.45, 7) is 3.81. The van der Waals surface area contributed by atoms with E-state index in [0.29, 0.717) is 5.57 Å². The molecule has 2 nitrogen and oxygen atoms in total. The Hall–Kier alpha value is -1.14. The lowest BCUT2D eigenvalue weighted by atomic mass is 10.1. The minimum atomic E-state index is 0.640. The van der Waals surface area contributed by atoms with Crippen LogP contribution in [0.15, 0.2) is 28.4 Å². The monoisotopic (exact) mass is 236 g/mol. The van der Waals surface area contributed by atoms with Crippen molar-refractivity contribution in [2.75, 3.05) is 0 Å². The molecule has 1 aromatic rings. The first-order valence-corrected chi connectivity index (χ1v) is 4.64. The van der Waals surface area contributed by atoms with E-state index in [1.807, 2.05) is 26.0 Å². The first kappa shape index (κ1) is 9.94. The van der Waals surface area contributed by atoms with Gasteiger partial charge in [0, 0.05) is 10.7 Å². The highest BCUT2D eigenvalue weighted by atomic mass is 79.9. The van der Waals surface area contributed by atoms with E-state index in [-0.39, 0.29) is 0 Å². The van der Waals surface area contributed by atoms with Crippen molar-refractivity contribution in [1.82, 2.24) is 4.98 Å². The van der Waals surface area contributed by atoms with Gasteiger partial charge in [-0.2, -0.15) is 5.26 Å². The molecular formula is C10H9BrN2. The number of nitriles is 1. The molecule has 3 heteroatoms. The third-order valence-corrected chi connectivity index (χ3v) is 2.08. The van der Waals surface area contributed by atoms with Gasteiger partial charge in [0.25, 0.3) is 0 Å². The van der Waals surface area contributed by atoms with Crippen LogP contribution in [0.25, 0.3) is 5.57 Å². The summed E-state index contributed by atoms with van der Waals surface area (Å²) in [7, 11) is 0. The van der Waals surface area contributed by atoms with Crippen molar-refractivity contribution in [2.45, 2.75) is 13.8 Å². The first-order valence-electron chi connectivity index (χ1n) is 3.84. The summed E-state index contributed by atoms with van der Waals surface area (Å²) in [5.74, 6) is 0. The molecule has 13 heavy (non-hydrogen) atoms. The van der Waals surface area contributed by atoms with Crippen molar-refractivity contribution in [3.63, 3.8) is 0 Å². The van der Waals surface area contributed by atoms with Crippen LogP contribution in [-0.4, -0.2) is 4.98 Å². The molecule has 0 atom stereocenters. The van der Waals surface area contributed by atoms with Gasteiger partial charge >= 0.3 is 0 Å². The molecule has 0 aliphatic heterocycles. The zero-order valence-electron chi connectivity index (χ0n) is 7.50. The number of pyridine rings is 1. The molecule has 0 bridgehead atoms. The predicted octanol–water partition coefficient (Wildman–Crippen LogP) is 3.16. The number of allylic oxidation sites excluding steroid dienone is 2. The van der Waals surface area contributed by atoms with Crippen LogP contribution < -0.4 is 0 Å².